The fourth-order valence-electron chi connectivity index (χ4n) is 4.86. The van der Waals surface area contributed by atoms with Gasteiger partial charge >= 0.3 is 5.97 Å². The van der Waals surface area contributed by atoms with Crippen LogP contribution in [0, 0.1) is 17.0 Å². The quantitative estimate of drug-likeness (QED) is 0.167. The molecule has 210 valence electrons. The van der Waals surface area contributed by atoms with Crippen LogP contribution in [0.15, 0.2) is 80.1 Å². The minimum Gasteiger partial charge on any atom is -0.463 e. The Bertz CT molecular complexity index is 1880. The zero-order valence-corrected chi connectivity index (χ0v) is 24.2. The molecule has 41 heavy (non-hydrogen) atoms. The average Bonchev–Trinajstić information content (AvgIpc) is 3.52. The van der Waals surface area contributed by atoms with Crippen molar-refractivity contribution in [3.63, 3.8) is 0 Å². The molecule has 1 aliphatic rings. The predicted octanol–water partition coefficient (Wildman–Crippen LogP) is 5.40. The van der Waals surface area contributed by atoms with E-state index >= 15 is 0 Å². The summed E-state index contributed by atoms with van der Waals surface area (Å²) in [5, 5.41) is 11.3. The topological polar surface area (TPSA) is 117 Å². The van der Waals surface area contributed by atoms with E-state index in [9.17, 15) is 19.7 Å². The van der Waals surface area contributed by atoms with Gasteiger partial charge < -0.3 is 9.15 Å². The number of hydrogen-bond donors (Lipinski definition) is 0. The molecule has 0 bridgehead atoms. The van der Waals surface area contributed by atoms with Gasteiger partial charge in [-0.1, -0.05) is 55.5 Å². The van der Waals surface area contributed by atoms with Gasteiger partial charge in [0.15, 0.2) is 4.80 Å². The molecule has 0 saturated heterocycles. The van der Waals surface area contributed by atoms with E-state index in [0.717, 1.165) is 16.7 Å². The van der Waals surface area contributed by atoms with Crippen LogP contribution in [-0.4, -0.2) is 22.1 Å². The first-order chi connectivity index (χ1) is 19.6. The van der Waals surface area contributed by atoms with E-state index in [4.69, 9.17) is 9.15 Å². The second-order valence-electron chi connectivity index (χ2n) is 10.1. The highest BCUT2D eigenvalue weighted by atomic mass is 32.1. The maximum atomic E-state index is 13.9. The number of hydrogen-bond acceptors (Lipinski definition) is 8. The second-order valence-corrected chi connectivity index (χ2v) is 11.1. The molecule has 0 aliphatic carbocycles. The Morgan fingerprint density at radius 1 is 1.17 bits per heavy atom. The molecule has 0 fully saturated rings. The molecule has 10 heteroatoms. The van der Waals surface area contributed by atoms with Crippen molar-refractivity contribution in [2.75, 3.05) is 6.61 Å². The van der Waals surface area contributed by atoms with Crippen molar-refractivity contribution < 1.29 is 18.9 Å². The highest BCUT2D eigenvalue weighted by molar-refractivity contribution is 7.07. The van der Waals surface area contributed by atoms with Gasteiger partial charge in [-0.15, -0.1) is 0 Å². The van der Waals surface area contributed by atoms with Crippen LogP contribution in [0.3, 0.4) is 0 Å². The highest BCUT2D eigenvalue weighted by Gasteiger charge is 2.33. The number of aromatic nitrogens is 1. The number of nitro benzene ring substituents is 1. The molecule has 0 N–H and O–H groups in total. The third kappa shape index (κ3) is 5.30. The fraction of sp³-hybridized carbons (Fsp3) is 0.258. The molecule has 0 amide bonds. The number of esters is 1. The van der Waals surface area contributed by atoms with Crippen LogP contribution >= 0.6 is 11.3 Å². The molecule has 5 rings (SSSR count). The largest absolute Gasteiger partial charge is 0.463 e. The van der Waals surface area contributed by atoms with Gasteiger partial charge in [0.1, 0.15) is 11.5 Å². The van der Waals surface area contributed by atoms with E-state index in [1.807, 2.05) is 31.2 Å². The first-order valence-corrected chi connectivity index (χ1v) is 14.1. The van der Waals surface area contributed by atoms with Gasteiger partial charge in [-0.05, 0) is 55.5 Å². The second kappa shape index (κ2) is 11.1. The molecule has 0 spiro atoms. The molecule has 3 heterocycles. The summed E-state index contributed by atoms with van der Waals surface area (Å²) in [6.45, 7) is 9.74. The maximum absolute atomic E-state index is 13.9. The summed E-state index contributed by atoms with van der Waals surface area (Å²) in [7, 11) is 0. The highest BCUT2D eigenvalue weighted by Crippen LogP contribution is 2.32. The lowest BCUT2D eigenvalue weighted by atomic mass is 9.93. The molecule has 0 radical (unpaired) electrons. The Labute approximate surface area is 239 Å². The molecular formula is C31H29N3O6S. The van der Waals surface area contributed by atoms with Gasteiger partial charge in [-0.3, -0.25) is 19.5 Å². The lowest BCUT2D eigenvalue weighted by Crippen LogP contribution is -2.39. The van der Waals surface area contributed by atoms with Gasteiger partial charge in [0.05, 0.1) is 33.4 Å². The van der Waals surface area contributed by atoms with Crippen molar-refractivity contribution in [2.45, 2.75) is 46.6 Å². The summed E-state index contributed by atoms with van der Waals surface area (Å²) in [4.78, 5) is 42.8. The van der Waals surface area contributed by atoms with Crippen LogP contribution in [0.25, 0.3) is 17.4 Å². The number of non-ortho nitro benzene ring substituents is 1. The Morgan fingerprint density at radius 2 is 1.90 bits per heavy atom. The summed E-state index contributed by atoms with van der Waals surface area (Å²) in [6.07, 6.45) is 1.63. The standard InChI is InChI=1S/C31H29N3O6S/c1-6-39-30(36)27-19(5)32-31-33(28(27)21-10-8-20(9-11-21)17(2)3)29(35)26(41-31)16-23-13-14-25(40-23)24-15-22(34(37)38)12-7-18(24)4/h7-17,28H,6H2,1-5H3/b26-16-. The van der Waals surface area contributed by atoms with Crippen molar-refractivity contribution in [1.82, 2.24) is 4.57 Å². The number of allylic oxidation sites excluding steroid dienone is 1. The van der Waals surface area contributed by atoms with Crippen LogP contribution in [-0.2, 0) is 9.53 Å². The maximum Gasteiger partial charge on any atom is 0.338 e. The number of thiazole rings is 1. The van der Waals surface area contributed by atoms with Crippen LogP contribution in [0.1, 0.15) is 62.1 Å². The number of furan rings is 1. The molecule has 4 aromatic rings. The lowest BCUT2D eigenvalue weighted by molar-refractivity contribution is -0.384. The van der Waals surface area contributed by atoms with E-state index < -0.39 is 16.9 Å². The summed E-state index contributed by atoms with van der Waals surface area (Å²) >= 11 is 1.20. The third-order valence-electron chi connectivity index (χ3n) is 7.03. The molecular weight excluding hydrogens is 542 g/mol. The number of nitrogens with zero attached hydrogens (tertiary/aromatic N) is 3. The molecule has 0 saturated carbocycles. The molecule has 2 aromatic heterocycles. The summed E-state index contributed by atoms with van der Waals surface area (Å²) in [6, 6.07) is 15.2. The molecule has 1 unspecified atom stereocenters. The number of fused-ring (bicyclic) bond motifs is 1. The lowest BCUT2D eigenvalue weighted by Gasteiger charge is -2.25. The predicted molar refractivity (Wildman–Crippen MR) is 156 cm³/mol. The molecule has 2 aromatic carbocycles. The normalized spacial score (nSPS) is 15.2. The van der Waals surface area contributed by atoms with Crippen molar-refractivity contribution in [3.8, 4) is 11.3 Å². The van der Waals surface area contributed by atoms with E-state index in [1.165, 1.54) is 28.0 Å². The Balaban J connectivity index is 1.62. The van der Waals surface area contributed by atoms with Gasteiger partial charge in [0.2, 0.25) is 0 Å². The number of rotatable bonds is 7. The zero-order chi connectivity index (χ0) is 29.4. The van der Waals surface area contributed by atoms with Crippen LogP contribution in [0.2, 0.25) is 0 Å². The summed E-state index contributed by atoms with van der Waals surface area (Å²) in [5.74, 6) is 0.685. The number of carbonyl (C=O) groups is 1. The third-order valence-corrected chi connectivity index (χ3v) is 8.02. The molecule has 9 nitrogen and oxygen atoms in total. The van der Waals surface area contributed by atoms with Crippen molar-refractivity contribution in [2.24, 2.45) is 4.99 Å². The first kappa shape index (κ1) is 28.0. The van der Waals surface area contributed by atoms with Gasteiger partial charge in [-0.25, -0.2) is 9.79 Å². The minimum absolute atomic E-state index is 0.0361. The monoisotopic (exact) mass is 571 g/mol. The summed E-state index contributed by atoms with van der Waals surface area (Å²) in [5.41, 5.74) is 3.81. The van der Waals surface area contributed by atoms with Crippen molar-refractivity contribution in [1.29, 1.82) is 0 Å². The SMILES string of the molecule is CCOC(=O)C1=C(C)N=c2s/c(=C\c3ccc(-c4cc([N+](=O)[O-])ccc4C)o3)c(=O)n2C1c1ccc(C(C)C)cc1. The summed E-state index contributed by atoms with van der Waals surface area (Å²) < 4.78 is 13.3. The number of carbonyl (C=O) groups excluding carboxylic acids is 1. The zero-order valence-electron chi connectivity index (χ0n) is 23.3. The van der Waals surface area contributed by atoms with Crippen LogP contribution < -0.4 is 14.9 Å². The van der Waals surface area contributed by atoms with Gasteiger partial charge in [0, 0.05) is 23.8 Å². The smallest absolute Gasteiger partial charge is 0.338 e. The van der Waals surface area contributed by atoms with E-state index in [1.54, 1.807) is 38.1 Å². The minimum atomic E-state index is -0.701. The van der Waals surface area contributed by atoms with Gasteiger partial charge in [-0.2, -0.15) is 0 Å². The average molecular weight is 572 g/mol. The van der Waals surface area contributed by atoms with E-state index in [-0.39, 0.29) is 17.9 Å². The number of benzene rings is 2. The van der Waals surface area contributed by atoms with E-state index in [0.29, 0.717) is 43.6 Å². The van der Waals surface area contributed by atoms with Gasteiger partial charge in [0.25, 0.3) is 11.2 Å². The first-order valence-electron chi connectivity index (χ1n) is 13.2. The van der Waals surface area contributed by atoms with Crippen molar-refractivity contribution in [3.05, 3.63) is 118 Å². The fourth-order valence-corrected chi connectivity index (χ4v) is 5.89. The molecule has 1 aliphatic heterocycles. The number of nitro groups is 1. The van der Waals surface area contributed by atoms with Crippen molar-refractivity contribution >= 4 is 29.1 Å². The number of ether oxygens (including phenoxy) is 1. The Morgan fingerprint density at radius 3 is 2.56 bits per heavy atom. The Hall–Kier alpha value is -4.57. The van der Waals surface area contributed by atoms with E-state index in [2.05, 4.69) is 18.8 Å². The van der Waals surface area contributed by atoms with Crippen LogP contribution in [0.4, 0.5) is 5.69 Å². The Kier molecular flexibility index (Phi) is 7.59. The number of aryl methyl sites for hydroxylation is 1. The molecule has 1 atom stereocenters. The van der Waals surface area contributed by atoms with Crippen LogP contribution in [0.5, 0.6) is 0 Å².